The Morgan fingerprint density at radius 1 is 1.34 bits per heavy atom. The summed E-state index contributed by atoms with van der Waals surface area (Å²) in [4.78, 5) is 12.6. The molecule has 0 saturated carbocycles. The molecule has 9 nitrogen and oxygen atoms in total. The molecule has 1 amide bonds. The summed E-state index contributed by atoms with van der Waals surface area (Å²) in [6.07, 6.45) is 0.134. The van der Waals surface area contributed by atoms with Crippen LogP contribution in [0, 0.1) is 4.77 Å². The van der Waals surface area contributed by atoms with Gasteiger partial charge in [-0.2, -0.15) is 9.40 Å². The lowest BCUT2D eigenvalue weighted by atomic mass is 10.2. The van der Waals surface area contributed by atoms with E-state index in [9.17, 15) is 13.2 Å². The third-order valence-corrected chi connectivity index (χ3v) is 6.92. The predicted octanol–water partition coefficient (Wildman–Crippen LogP) is 1.25. The van der Waals surface area contributed by atoms with E-state index in [1.807, 2.05) is 13.8 Å². The number of hydrogen-bond donors (Lipinski definition) is 2. The van der Waals surface area contributed by atoms with Gasteiger partial charge in [-0.1, -0.05) is 6.07 Å². The number of rotatable bonds is 6. The second-order valence-corrected chi connectivity index (χ2v) is 9.44. The first-order valence-electron chi connectivity index (χ1n) is 9.32. The first-order chi connectivity index (χ1) is 13.7. The molecule has 29 heavy (non-hydrogen) atoms. The minimum Gasteiger partial charge on any atom is -0.373 e. The lowest BCUT2D eigenvalue weighted by molar-refractivity contribution is -0.0440. The number of carbonyl (C=O) groups is 1. The van der Waals surface area contributed by atoms with Crippen molar-refractivity contribution in [2.45, 2.75) is 37.4 Å². The normalized spacial score (nSPS) is 20.5. The van der Waals surface area contributed by atoms with Gasteiger partial charge in [-0.3, -0.25) is 9.89 Å². The summed E-state index contributed by atoms with van der Waals surface area (Å²) >= 11 is 5.06. The molecule has 158 valence electrons. The molecule has 2 heterocycles. The van der Waals surface area contributed by atoms with Gasteiger partial charge in [0, 0.05) is 38.7 Å². The maximum atomic E-state index is 13.0. The Kier molecular flexibility index (Phi) is 6.52. The zero-order valence-corrected chi connectivity index (χ0v) is 18.2. The molecule has 2 aromatic rings. The highest BCUT2D eigenvalue weighted by molar-refractivity contribution is 7.89. The summed E-state index contributed by atoms with van der Waals surface area (Å²) in [6.45, 7) is 4.61. The lowest BCUT2D eigenvalue weighted by Crippen LogP contribution is -2.48. The van der Waals surface area contributed by atoms with Crippen LogP contribution < -0.4 is 5.32 Å². The predicted molar refractivity (Wildman–Crippen MR) is 110 cm³/mol. The molecule has 1 fully saturated rings. The molecule has 1 aliphatic rings. The molecule has 0 spiro atoms. The molecular weight excluding hydrogens is 414 g/mol. The van der Waals surface area contributed by atoms with Crippen molar-refractivity contribution in [2.24, 2.45) is 7.05 Å². The number of sulfonamides is 1. The van der Waals surface area contributed by atoms with Crippen molar-refractivity contribution in [1.29, 1.82) is 0 Å². The van der Waals surface area contributed by atoms with Crippen LogP contribution in [0.4, 0.5) is 0 Å². The molecule has 1 aromatic heterocycles. The van der Waals surface area contributed by atoms with Gasteiger partial charge in [0.1, 0.15) is 5.82 Å². The molecule has 1 saturated heterocycles. The fourth-order valence-electron chi connectivity index (χ4n) is 3.27. The van der Waals surface area contributed by atoms with Crippen molar-refractivity contribution in [2.75, 3.05) is 19.6 Å². The van der Waals surface area contributed by atoms with Gasteiger partial charge >= 0.3 is 0 Å². The second kappa shape index (κ2) is 8.74. The van der Waals surface area contributed by atoms with Crippen LogP contribution in [0.15, 0.2) is 29.2 Å². The van der Waals surface area contributed by atoms with Crippen molar-refractivity contribution >= 4 is 28.1 Å². The van der Waals surface area contributed by atoms with Crippen molar-refractivity contribution in [1.82, 2.24) is 24.4 Å². The highest BCUT2D eigenvalue weighted by Gasteiger charge is 2.32. The van der Waals surface area contributed by atoms with Crippen LogP contribution >= 0.6 is 12.2 Å². The first-order valence-corrected chi connectivity index (χ1v) is 11.2. The summed E-state index contributed by atoms with van der Waals surface area (Å²) in [6, 6.07) is 6.08. The average Bonchev–Trinajstić information content (AvgIpc) is 2.99. The molecular formula is C18H25N5O4S2. The van der Waals surface area contributed by atoms with Gasteiger partial charge in [0.25, 0.3) is 5.91 Å². The zero-order valence-electron chi connectivity index (χ0n) is 16.6. The number of amides is 1. The van der Waals surface area contributed by atoms with Crippen LogP contribution in [0.3, 0.4) is 0 Å². The third-order valence-electron chi connectivity index (χ3n) is 4.73. The number of ether oxygens (including phenoxy) is 1. The van der Waals surface area contributed by atoms with E-state index < -0.39 is 10.0 Å². The van der Waals surface area contributed by atoms with E-state index >= 15 is 0 Å². The average molecular weight is 440 g/mol. The van der Waals surface area contributed by atoms with E-state index in [4.69, 9.17) is 17.0 Å². The number of H-pyrrole nitrogens is 1. The van der Waals surface area contributed by atoms with E-state index in [1.165, 1.54) is 16.4 Å². The summed E-state index contributed by atoms with van der Waals surface area (Å²) in [7, 11) is -1.91. The van der Waals surface area contributed by atoms with E-state index in [1.54, 1.807) is 23.7 Å². The quantitative estimate of drug-likeness (QED) is 0.656. The van der Waals surface area contributed by atoms with Crippen LogP contribution in [0.2, 0.25) is 0 Å². The standard InChI is InChI=1S/C18H25N5O4S2/c1-12-10-23(11-13(2)27-12)29(25,26)15-6-4-5-14(9-15)17(24)19-8-7-16-20-21-18(28)22(16)3/h4-6,9,12-13H,7-8,10-11H2,1-3H3,(H,19,24)(H,21,28). The van der Waals surface area contributed by atoms with Crippen LogP contribution in [-0.4, -0.2) is 65.2 Å². The van der Waals surface area contributed by atoms with Gasteiger partial charge in [0.2, 0.25) is 10.0 Å². The van der Waals surface area contributed by atoms with Crippen LogP contribution in [-0.2, 0) is 28.2 Å². The monoisotopic (exact) mass is 439 g/mol. The summed E-state index contributed by atoms with van der Waals surface area (Å²) in [5.41, 5.74) is 0.288. The van der Waals surface area contributed by atoms with Crippen molar-refractivity contribution in [3.8, 4) is 0 Å². The molecule has 0 aliphatic carbocycles. The highest BCUT2D eigenvalue weighted by atomic mass is 32.2. The van der Waals surface area contributed by atoms with Crippen LogP contribution in [0.5, 0.6) is 0 Å². The molecule has 1 aromatic carbocycles. The van der Waals surface area contributed by atoms with Gasteiger partial charge < -0.3 is 14.6 Å². The molecule has 3 rings (SSSR count). The summed E-state index contributed by atoms with van der Waals surface area (Å²) in [5.74, 6) is 0.379. The number of aromatic nitrogens is 3. The van der Waals surface area contributed by atoms with Crippen LogP contribution in [0.1, 0.15) is 30.0 Å². The number of aromatic amines is 1. The Bertz CT molecular complexity index is 1040. The van der Waals surface area contributed by atoms with Crippen LogP contribution in [0.25, 0.3) is 0 Å². The smallest absolute Gasteiger partial charge is 0.251 e. The van der Waals surface area contributed by atoms with Gasteiger partial charge in [0.15, 0.2) is 4.77 Å². The van der Waals surface area contributed by atoms with Crippen molar-refractivity contribution in [3.05, 3.63) is 40.4 Å². The molecule has 0 radical (unpaired) electrons. The number of carbonyl (C=O) groups excluding carboxylic acids is 1. The first kappa shape index (κ1) is 21.6. The van der Waals surface area contributed by atoms with E-state index in [0.717, 1.165) is 5.82 Å². The third kappa shape index (κ3) is 4.92. The van der Waals surface area contributed by atoms with E-state index in [2.05, 4.69) is 15.5 Å². The van der Waals surface area contributed by atoms with Gasteiger partial charge in [-0.15, -0.1) is 0 Å². The summed E-state index contributed by atoms with van der Waals surface area (Å²) < 4.78 is 35.3. The Balaban J connectivity index is 1.69. The zero-order chi connectivity index (χ0) is 21.2. The largest absolute Gasteiger partial charge is 0.373 e. The number of nitrogens with zero attached hydrogens (tertiary/aromatic N) is 3. The van der Waals surface area contributed by atoms with Gasteiger partial charge in [-0.05, 0) is 44.3 Å². The minimum absolute atomic E-state index is 0.0981. The van der Waals surface area contributed by atoms with E-state index in [-0.39, 0.29) is 41.7 Å². The SMILES string of the molecule is CC1CN(S(=O)(=O)c2cccc(C(=O)NCCc3n[nH]c(=S)n3C)c2)CC(C)O1. The highest BCUT2D eigenvalue weighted by Crippen LogP contribution is 2.22. The maximum Gasteiger partial charge on any atom is 0.251 e. The maximum absolute atomic E-state index is 13.0. The number of nitrogens with one attached hydrogen (secondary N) is 2. The molecule has 2 N–H and O–H groups in total. The molecule has 2 atom stereocenters. The van der Waals surface area contributed by atoms with Gasteiger partial charge in [0.05, 0.1) is 17.1 Å². The fraction of sp³-hybridized carbons (Fsp3) is 0.500. The number of benzene rings is 1. The van der Waals surface area contributed by atoms with Crippen molar-refractivity contribution in [3.63, 3.8) is 0 Å². The number of hydrogen-bond acceptors (Lipinski definition) is 6. The Labute approximate surface area is 175 Å². The Morgan fingerprint density at radius 2 is 2.03 bits per heavy atom. The number of morpholine rings is 1. The minimum atomic E-state index is -3.71. The molecule has 0 bridgehead atoms. The van der Waals surface area contributed by atoms with Crippen molar-refractivity contribution < 1.29 is 17.9 Å². The molecule has 11 heteroatoms. The topological polar surface area (TPSA) is 109 Å². The summed E-state index contributed by atoms with van der Waals surface area (Å²) in [5, 5.41) is 9.57. The van der Waals surface area contributed by atoms with E-state index in [0.29, 0.717) is 17.7 Å². The lowest BCUT2D eigenvalue weighted by Gasteiger charge is -2.34. The fourth-order valence-corrected chi connectivity index (χ4v) is 5.05. The second-order valence-electron chi connectivity index (χ2n) is 7.12. The Hall–Kier alpha value is -2.08. The Morgan fingerprint density at radius 3 is 2.66 bits per heavy atom. The van der Waals surface area contributed by atoms with Gasteiger partial charge in [-0.25, -0.2) is 8.42 Å². The molecule has 1 aliphatic heterocycles. The molecule has 2 unspecified atom stereocenters.